The standard InChI is InChI=1S/C17H23N5O/c1-2-8-18-16-7-9-19-17(21-16)20-14-5-3-4-6-15(14)22-10-12-23-13-11-22/h3-7,9H,2,8,10-13H2,1H3,(H2,18,19,20,21). The van der Waals surface area contributed by atoms with Crippen LogP contribution in [0.3, 0.4) is 0 Å². The summed E-state index contributed by atoms with van der Waals surface area (Å²) in [6.07, 6.45) is 2.83. The molecule has 2 aromatic rings. The highest BCUT2D eigenvalue weighted by Gasteiger charge is 2.15. The van der Waals surface area contributed by atoms with Gasteiger partial charge in [-0.15, -0.1) is 0 Å². The lowest BCUT2D eigenvalue weighted by Gasteiger charge is -2.30. The van der Waals surface area contributed by atoms with E-state index in [0.717, 1.165) is 56.5 Å². The minimum atomic E-state index is 0.604. The molecule has 0 bridgehead atoms. The summed E-state index contributed by atoms with van der Waals surface area (Å²) in [7, 11) is 0. The molecule has 1 aliphatic rings. The first-order valence-electron chi connectivity index (χ1n) is 8.12. The van der Waals surface area contributed by atoms with Crippen molar-refractivity contribution in [2.24, 2.45) is 0 Å². The molecule has 2 heterocycles. The van der Waals surface area contributed by atoms with Crippen LogP contribution >= 0.6 is 0 Å². The Balaban J connectivity index is 1.77. The Morgan fingerprint density at radius 1 is 1.17 bits per heavy atom. The Kier molecular flexibility index (Phi) is 5.26. The molecular formula is C17H23N5O. The van der Waals surface area contributed by atoms with Gasteiger partial charge in [-0.05, 0) is 24.6 Å². The van der Waals surface area contributed by atoms with Crippen molar-refractivity contribution in [1.29, 1.82) is 0 Å². The molecule has 6 nitrogen and oxygen atoms in total. The number of nitrogens with zero attached hydrogens (tertiary/aromatic N) is 3. The van der Waals surface area contributed by atoms with Crippen molar-refractivity contribution in [2.45, 2.75) is 13.3 Å². The zero-order valence-corrected chi connectivity index (χ0v) is 13.5. The summed E-state index contributed by atoms with van der Waals surface area (Å²) in [6, 6.07) is 10.1. The van der Waals surface area contributed by atoms with Gasteiger partial charge < -0.3 is 20.3 Å². The highest BCUT2D eigenvalue weighted by atomic mass is 16.5. The van der Waals surface area contributed by atoms with Crippen LogP contribution in [0.4, 0.5) is 23.1 Å². The molecule has 0 aliphatic carbocycles. The molecule has 6 heteroatoms. The largest absolute Gasteiger partial charge is 0.378 e. The summed E-state index contributed by atoms with van der Waals surface area (Å²) in [6.45, 7) is 6.37. The Hall–Kier alpha value is -2.34. The van der Waals surface area contributed by atoms with Crippen LogP contribution in [-0.2, 0) is 4.74 Å². The lowest BCUT2D eigenvalue weighted by molar-refractivity contribution is 0.123. The van der Waals surface area contributed by atoms with E-state index in [-0.39, 0.29) is 0 Å². The molecule has 0 spiro atoms. The second kappa shape index (κ2) is 7.78. The van der Waals surface area contributed by atoms with Crippen molar-refractivity contribution >= 4 is 23.1 Å². The molecule has 23 heavy (non-hydrogen) atoms. The summed E-state index contributed by atoms with van der Waals surface area (Å²) in [4.78, 5) is 11.2. The summed E-state index contributed by atoms with van der Waals surface area (Å²) in [5.74, 6) is 1.44. The lowest BCUT2D eigenvalue weighted by Crippen LogP contribution is -2.36. The van der Waals surface area contributed by atoms with Gasteiger partial charge in [0.1, 0.15) is 5.82 Å². The number of para-hydroxylation sites is 2. The molecule has 1 saturated heterocycles. The molecule has 3 rings (SSSR count). The molecule has 0 radical (unpaired) electrons. The Labute approximate surface area is 136 Å². The first-order chi connectivity index (χ1) is 11.4. The summed E-state index contributed by atoms with van der Waals surface area (Å²) < 4.78 is 5.44. The fourth-order valence-electron chi connectivity index (χ4n) is 2.55. The predicted octanol–water partition coefficient (Wildman–Crippen LogP) is 2.88. The molecule has 1 aromatic heterocycles. The van der Waals surface area contributed by atoms with Crippen molar-refractivity contribution in [3.8, 4) is 0 Å². The minimum Gasteiger partial charge on any atom is -0.378 e. The van der Waals surface area contributed by atoms with E-state index in [2.05, 4.69) is 50.6 Å². The third kappa shape index (κ3) is 4.10. The first-order valence-corrected chi connectivity index (χ1v) is 8.12. The van der Waals surface area contributed by atoms with Crippen molar-refractivity contribution in [3.05, 3.63) is 36.5 Å². The average Bonchev–Trinajstić information content (AvgIpc) is 2.61. The maximum atomic E-state index is 5.44. The van der Waals surface area contributed by atoms with Gasteiger partial charge >= 0.3 is 0 Å². The molecule has 0 unspecified atom stereocenters. The van der Waals surface area contributed by atoms with Gasteiger partial charge in [0, 0.05) is 25.8 Å². The number of aromatic nitrogens is 2. The summed E-state index contributed by atoms with van der Waals surface area (Å²) >= 11 is 0. The number of benzene rings is 1. The van der Waals surface area contributed by atoms with Crippen LogP contribution in [0.2, 0.25) is 0 Å². The molecule has 0 saturated carbocycles. The number of nitrogens with one attached hydrogen (secondary N) is 2. The van der Waals surface area contributed by atoms with E-state index in [1.807, 2.05) is 12.1 Å². The van der Waals surface area contributed by atoms with E-state index in [1.165, 1.54) is 0 Å². The number of morpholine rings is 1. The highest BCUT2D eigenvalue weighted by Crippen LogP contribution is 2.28. The van der Waals surface area contributed by atoms with Crippen LogP contribution in [0, 0.1) is 0 Å². The van der Waals surface area contributed by atoms with Crippen LogP contribution in [0.15, 0.2) is 36.5 Å². The second-order valence-corrected chi connectivity index (χ2v) is 5.43. The Morgan fingerprint density at radius 2 is 2.00 bits per heavy atom. The van der Waals surface area contributed by atoms with Crippen molar-refractivity contribution in [2.75, 3.05) is 48.4 Å². The Bertz CT molecular complexity index is 628. The number of hydrogen-bond acceptors (Lipinski definition) is 6. The fraction of sp³-hybridized carbons (Fsp3) is 0.412. The van der Waals surface area contributed by atoms with Crippen molar-refractivity contribution in [3.63, 3.8) is 0 Å². The Morgan fingerprint density at radius 3 is 2.83 bits per heavy atom. The highest BCUT2D eigenvalue weighted by molar-refractivity contribution is 5.73. The van der Waals surface area contributed by atoms with E-state index in [4.69, 9.17) is 4.74 Å². The van der Waals surface area contributed by atoms with E-state index in [1.54, 1.807) is 6.20 Å². The molecule has 1 aromatic carbocycles. The van der Waals surface area contributed by atoms with Gasteiger partial charge in [0.15, 0.2) is 0 Å². The number of ether oxygens (including phenoxy) is 1. The number of anilines is 4. The van der Waals surface area contributed by atoms with Crippen LogP contribution in [0.25, 0.3) is 0 Å². The van der Waals surface area contributed by atoms with Crippen LogP contribution < -0.4 is 15.5 Å². The zero-order valence-electron chi connectivity index (χ0n) is 13.5. The van der Waals surface area contributed by atoms with Gasteiger partial charge in [0.05, 0.1) is 24.6 Å². The van der Waals surface area contributed by atoms with E-state index in [0.29, 0.717) is 5.95 Å². The van der Waals surface area contributed by atoms with Gasteiger partial charge in [-0.25, -0.2) is 4.98 Å². The SMILES string of the molecule is CCCNc1ccnc(Nc2ccccc2N2CCOCC2)n1. The number of hydrogen-bond donors (Lipinski definition) is 2. The zero-order chi connectivity index (χ0) is 15.9. The second-order valence-electron chi connectivity index (χ2n) is 5.43. The normalized spacial score (nSPS) is 14.6. The predicted molar refractivity (Wildman–Crippen MR) is 93.6 cm³/mol. The van der Waals surface area contributed by atoms with Crippen molar-refractivity contribution in [1.82, 2.24) is 9.97 Å². The molecule has 122 valence electrons. The van der Waals surface area contributed by atoms with E-state index < -0.39 is 0 Å². The quantitative estimate of drug-likeness (QED) is 0.855. The minimum absolute atomic E-state index is 0.604. The molecule has 0 atom stereocenters. The van der Waals surface area contributed by atoms with E-state index in [9.17, 15) is 0 Å². The van der Waals surface area contributed by atoms with Gasteiger partial charge in [0.25, 0.3) is 0 Å². The smallest absolute Gasteiger partial charge is 0.229 e. The molecule has 0 amide bonds. The summed E-state index contributed by atoms with van der Waals surface area (Å²) in [5.41, 5.74) is 2.17. The average molecular weight is 313 g/mol. The topological polar surface area (TPSA) is 62.3 Å². The van der Waals surface area contributed by atoms with Crippen molar-refractivity contribution < 1.29 is 4.74 Å². The van der Waals surface area contributed by atoms with Gasteiger partial charge in [0.2, 0.25) is 5.95 Å². The molecule has 1 aliphatic heterocycles. The monoisotopic (exact) mass is 313 g/mol. The lowest BCUT2D eigenvalue weighted by atomic mass is 10.2. The van der Waals surface area contributed by atoms with Crippen LogP contribution in [-0.4, -0.2) is 42.8 Å². The maximum absolute atomic E-state index is 5.44. The molecule has 2 N–H and O–H groups in total. The van der Waals surface area contributed by atoms with Gasteiger partial charge in [-0.1, -0.05) is 19.1 Å². The summed E-state index contributed by atoms with van der Waals surface area (Å²) in [5, 5.41) is 6.62. The maximum Gasteiger partial charge on any atom is 0.229 e. The number of rotatable bonds is 6. The van der Waals surface area contributed by atoms with Crippen LogP contribution in [0.1, 0.15) is 13.3 Å². The van der Waals surface area contributed by atoms with Crippen LogP contribution in [0.5, 0.6) is 0 Å². The fourth-order valence-corrected chi connectivity index (χ4v) is 2.55. The molecule has 1 fully saturated rings. The third-order valence-electron chi connectivity index (χ3n) is 3.71. The third-order valence-corrected chi connectivity index (χ3v) is 3.71. The first kappa shape index (κ1) is 15.6. The van der Waals surface area contributed by atoms with Gasteiger partial charge in [-0.3, -0.25) is 0 Å². The van der Waals surface area contributed by atoms with Gasteiger partial charge in [-0.2, -0.15) is 4.98 Å². The molecular weight excluding hydrogens is 290 g/mol. The van der Waals surface area contributed by atoms with E-state index >= 15 is 0 Å².